The van der Waals surface area contributed by atoms with Gasteiger partial charge in [-0.25, -0.2) is 0 Å². The van der Waals surface area contributed by atoms with E-state index in [0.717, 1.165) is 11.3 Å². The molecule has 0 saturated carbocycles. The molecule has 0 aliphatic rings. The summed E-state index contributed by atoms with van der Waals surface area (Å²) >= 11 is 0. The molecule has 1 heterocycles. The van der Waals surface area contributed by atoms with Gasteiger partial charge in [0.25, 0.3) is 5.91 Å². The summed E-state index contributed by atoms with van der Waals surface area (Å²) in [7, 11) is 0. The summed E-state index contributed by atoms with van der Waals surface area (Å²) in [5, 5.41) is 10.3. The van der Waals surface area contributed by atoms with Gasteiger partial charge in [0.1, 0.15) is 0 Å². The second-order valence-electron chi connectivity index (χ2n) is 7.87. The molecule has 0 fully saturated rings. The van der Waals surface area contributed by atoms with Crippen molar-refractivity contribution < 1.29 is 9.59 Å². The molecule has 2 N–H and O–H groups in total. The van der Waals surface area contributed by atoms with Crippen molar-refractivity contribution in [3.63, 3.8) is 0 Å². The van der Waals surface area contributed by atoms with Crippen molar-refractivity contribution in [3.05, 3.63) is 77.1 Å². The van der Waals surface area contributed by atoms with Gasteiger partial charge in [0, 0.05) is 23.5 Å². The zero-order valence-corrected chi connectivity index (χ0v) is 17.9. The fraction of sp³-hybridized carbons (Fsp3) is 0.292. The third-order valence-electron chi connectivity index (χ3n) is 4.80. The van der Waals surface area contributed by atoms with Crippen molar-refractivity contribution >= 4 is 23.2 Å². The van der Waals surface area contributed by atoms with E-state index in [1.807, 2.05) is 62.7 Å². The summed E-state index contributed by atoms with van der Waals surface area (Å²) in [6.07, 6.45) is 0.476. The van der Waals surface area contributed by atoms with Crippen LogP contribution in [-0.2, 0) is 11.3 Å². The Bertz CT molecular complexity index is 1020. The van der Waals surface area contributed by atoms with Gasteiger partial charge in [-0.15, -0.1) is 0 Å². The van der Waals surface area contributed by atoms with Crippen LogP contribution in [-0.4, -0.2) is 21.6 Å². The molecule has 0 unspecified atom stereocenters. The van der Waals surface area contributed by atoms with Crippen LogP contribution in [0.2, 0.25) is 0 Å². The number of rotatable bonds is 7. The highest BCUT2D eigenvalue weighted by atomic mass is 16.2. The maximum absolute atomic E-state index is 12.9. The lowest BCUT2D eigenvalue weighted by Crippen LogP contribution is -2.15. The summed E-state index contributed by atoms with van der Waals surface area (Å²) in [5.74, 6) is 0.0950. The predicted octanol–water partition coefficient (Wildman–Crippen LogP) is 4.79. The lowest BCUT2D eigenvalue weighted by Gasteiger charge is -2.09. The molecule has 0 aliphatic heterocycles. The van der Waals surface area contributed by atoms with E-state index in [1.54, 1.807) is 24.3 Å². The number of benzene rings is 2. The van der Waals surface area contributed by atoms with Crippen LogP contribution in [0.5, 0.6) is 0 Å². The second-order valence-corrected chi connectivity index (χ2v) is 7.87. The minimum Gasteiger partial charge on any atom is -0.326 e. The van der Waals surface area contributed by atoms with Gasteiger partial charge < -0.3 is 10.6 Å². The Morgan fingerprint density at radius 1 is 0.933 bits per heavy atom. The Morgan fingerprint density at radius 2 is 1.53 bits per heavy atom. The molecule has 3 rings (SSSR count). The minimum absolute atomic E-state index is 0.0149. The quantitative estimate of drug-likeness (QED) is 0.595. The Labute approximate surface area is 177 Å². The van der Waals surface area contributed by atoms with E-state index in [0.29, 0.717) is 41.5 Å². The van der Waals surface area contributed by atoms with E-state index in [2.05, 4.69) is 15.7 Å². The maximum atomic E-state index is 12.9. The molecule has 156 valence electrons. The first-order valence-electron chi connectivity index (χ1n) is 10.1. The van der Waals surface area contributed by atoms with Gasteiger partial charge in [-0.3, -0.25) is 14.3 Å². The third kappa shape index (κ3) is 5.35. The van der Waals surface area contributed by atoms with E-state index in [4.69, 9.17) is 0 Å². The van der Waals surface area contributed by atoms with Crippen LogP contribution in [0.15, 0.2) is 54.6 Å². The molecule has 2 aromatic carbocycles. The Hall–Kier alpha value is -3.41. The molecular formula is C24H28N4O2. The van der Waals surface area contributed by atoms with Crippen molar-refractivity contribution in [2.24, 2.45) is 5.92 Å². The average Bonchev–Trinajstić information content (AvgIpc) is 2.96. The van der Waals surface area contributed by atoms with Crippen molar-refractivity contribution in [2.45, 2.75) is 40.7 Å². The van der Waals surface area contributed by atoms with Gasteiger partial charge in [0.15, 0.2) is 0 Å². The van der Waals surface area contributed by atoms with E-state index in [-0.39, 0.29) is 11.8 Å². The Kier molecular flexibility index (Phi) is 6.67. The topological polar surface area (TPSA) is 76.0 Å². The van der Waals surface area contributed by atoms with Crippen molar-refractivity contribution in [2.75, 3.05) is 10.6 Å². The Balaban J connectivity index is 1.68. The molecule has 0 bridgehead atoms. The number of hydrogen-bond acceptors (Lipinski definition) is 3. The summed E-state index contributed by atoms with van der Waals surface area (Å²) < 4.78 is 1.85. The number of aryl methyl sites for hydroxylation is 1. The monoisotopic (exact) mass is 404 g/mol. The first kappa shape index (κ1) is 21.3. The molecule has 2 amide bonds. The third-order valence-corrected chi connectivity index (χ3v) is 4.80. The van der Waals surface area contributed by atoms with Gasteiger partial charge in [0.05, 0.1) is 17.8 Å². The van der Waals surface area contributed by atoms with Crippen LogP contribution in [0.25, 0.3) is 0 Å². The molecule has 30 heavy (non-hydrogen) atoms. The smallest absolute Gasteiger partial charge is 0.259 e. The lowest BCUT2D eigenvalue weighted by molar-refractivity contribution is -0.116. The first-order chi connectivity index (χ1) is 14.3. The summed E-state index contributed by atoms with van der Waals surface area (Å²) in [4.78, 5) is 24.8. The molecule has 0 atom stereocenters. The van der Waals surface area contributed by atoms with Gasteiger partial charge in [0.2, 0.25) is 5.91 Å². The minimum atomic E-state index is -0.194. The number of nitrogens with zero attached hydrogens (tertiary/aromatic N) is 2. The summed E-state index contributed by atoms with van der Waals surface area (Å²) in [5.41, 5.74) is 4.61. The van der Waals surface area contributed by atoms with Crippen molar-refractivity contribution in [1.82, 2.24) is 9.78 Å². The van der Waals surface area contributed by atoms with E-state index in [9.17, 15) is 9.59 Å². The van der Waals surface area contributed by atoms with E-state index in [1.165, 1.54) is 0 Å². The number of nitrogens with one attached hydrogen (secondary N) is 2. The Morgan fingerprint density at radius 3 is 2.13 bits per heavy atom. The fourth-order valence-electron chi connectivity index (χ4n) is 3.35. The lowest BCUT2D eigenvalue weighted by atomic mass is 10.1. The van der Waals surface area contributed by atoms with Gasteiger partial charge in [-0.2, -0.15) is 5.10 Å². The van der Waals surface area contributed by atoms with E-state index >= 15 is 0 Å². The van der Waals surface area contributed by atoms with Crippen LogP contribution in [0.3, 0.4) is 0 Å². The SMILES string of the molecule is Cc1nn(Cc2ccccc2)c(C)c1C(=O)Nc1ccc(NC(=O)CC(C)C)cc1. The zero-order chi connectivity index (χ0) is 21.7. The van der Waals surface area contributed by atoms with Gasteiger partial charge in [-0.05, 0) is 49.6 Å². The summed E-state index contributed by atoms with van der Waals surface area (Å²) in [6.45, 7) is 8.38. The molecule has 0 radical (unpaired) electrons. The first-order valence-corrected chi connectivity index (χ1v) is 10.1. The standard InChI is InChI=1S/C24H28N4O2/c1-16(2)14-22(29)25-20-10-12-21(13-11-20)26-24(30)23-17(3)27-28(18(23)4)15-19-8-6-5-7-9-19/h5-13,16H,14-15H2,1-4H3,(H,25,29)(H,26,30). The molecule has 6 heteroatoms. The molecule has 0 aliphatic carbocycles. The van der Waals surface area contributed by atoms with Crippen molar-refractivity contribution in [3.8, 4) is 0 Å². The highest BCUT2D eigenvalue weighted by Gasteiger charge is 2.19. The summed E-state index contributed by atoms with van der Waals surface area (Å²) in [6, 6.07) is 17.2. The largest absolute Gasteiger partial charge is 0.326 e. The zero-order valence-electron chi connectivity index (χ0n) is 17.9. The van der Waals surface area contributed by atoms with Crippen LogP contribution in [0, 0.1) is 19.8 Å². The highest BCUT2D eigenvalue weighted by molar-refractivity contribution is 6.06. The molecular weight excluding hydrogens is 376 g/mol. The normalized spacial score (nSPS) is 10.8. The number of anilines is 2. The number of aromatic nitrogens is 2. The fourth-order valence-corrected chi connectivity index (χ4v) is 3.35. The molecule has 0 saturated heterocycles. The molecule has 0 spiro atoms. The predicted molar refractivity (Wildman–Crippen MR) is 120 cm³/mol. The molecule has 1 aromatic heterocycles. The number of amides is 2. The van der Waals surface area contributed by atoms with Crippen LogP contribution in [0.1, 0.15) is 47.6 Å². The molecule has 3 aromatic rings. The van der Waals surface area contributed by atoms with E-state index < -0.39 is 0 Å². The van der Waals surface area contributed by atoms with Crippen LogP contribution >= 0.6 is 0 Å². The molecule has 6 nitrogen and oxygen atoms in total. The van der Waals surface area contributed by atoms with Crippen LogP contribution in [0.4, 0.5) is 11.4 Å². The van der Waals surface area contributed by atoms with Gasteiger partial charge >= 0.3 is 0 Å². The highest BCUT2D eigenvalue weighted by Crippen LogP contribution is 2.19. The number of carbonyl (C=O) groups excluding carboxylic acids is 2. The number of hydrogen-bond donors (Lipinski definition) is 2. The number of carbonyl (C=O) groups is 2. The van der Waals surface area contributed by atoms with Gasteiger partial charge in [-0.1, -0.05) is 44.2 Å². The van der Waals surface area contributed by atoms with Crippen molar-refractivity contribution in [1.29, 1.82) is 0 Å². The average molecular weight is 405 g/mol. The maximum Gasteiger partial charge on any atom is 0.259 e. The van der Waals surface area contributed by atoms with Crippen LogP contribution < -0.4 is 10.6 Å². The second kappa shape index (κ2) is 9.39.